The van der Waals surface area contributed by atoms with Crippen molar-refractivity contribution < 1.29 is 14.2 Å². The number of hydrogen-bond donors (Lipinski definition) is 1. The van der Waals surface area contributed by atoms with Gasteiger partial charge in [-0.25, -0.2) is 4.39 Å². The lowest BCUT2D eigenvalue weighted by Gasteiger charge is -2.18. The number of benzene rings is 1. The van der Waals surface area contributed by atoms with Crippen LogP contribution in [0.5, 0.6) is 0 Å². The Labute approximate surface area is 104 Å². The van der Waals surface area contributed by atoms with Crippen LogP contribution < -0.4 is 0 Å². The molecule has 0 saturated heterocycles. The first-order valence-corrected chi connectivity index (χ1v) is 5.94. The fraction of sp³-hybridized carbons (Fsp3) is 0.500. The topological polar surface area (TPSA) is 29.5 Å². The highest BCUT2D eigenvalue weighted by atomic mass is 79.9. The molecule has 0 aromatic heterocycles. The van der Waals surface area contributed by atoms with Gasteiger partial charge in [-0.05, 0) is 24.1 Å². The Hall–Kier alpha value is -0.450. The Morgan fingerprint density at radius 1 is 1.50 bits per heavy atom. The van der Waals surface area contributed by atoms with Crippen molar-refractivity contribution in [3.63, 3.8) is 0 Å². The summed E-state index contributed by atoms with van der Waals surface area (Å²) in [7, 11) is 1.61. The van der Waals surface area contributed by atoms with Gasteiger partial charge in [0.05, 0.1) is 12.7 Å². The SMILES string of the molecule is COCC(C)C(O)Cc1ccc(F)cc1Br. The van der Waals surface area contributed by atoms with E-state index in [0.29, 0.717) is 17.5 Å². The third kappa shape index (κ3) is 3.85. The summed E-state index contributed by atoms with van der Waals surface area (Å²) >= 11 is 3.28. The number of aliphatic hydroxyl groups is 1. The largest absolute Gasteiger partial charge is 0.392 e. The second kappa shape index (κ2) is 6.33. The van der Waals surface area contributed by atoms with E-state index in [2.05, 4.69) is 15.9 Å². The third-order valence-corrected chi connectivity index (χ3v) is 3.27. The molecule has 2 atom stereocenters. The van der Waals surface area contributed by atoms with Crippen molar-refractivity contribution in [2.45, 2.75) is 19.4 Å². The van der Waals surface area contributed by atoms with E-state index in [0.717, 1.165) is 5.56 Å². The van der Waals surface area contributed by atoms with Gasteiger partial charge < -0.3 is 9.84 Å². The molecule has 16 heavy (non-hydrogen) atoms. The maximum atomic E-state index is 12.9. The van der Waals surface area contributed by atoms with E-state index < -0.39 is 6.10 Å². The van der Waals surface area contributed by atoms with E-state index >= 15 is 0 Å². The van der Waals surface area contributed by atoms with Crippen molar-refractivity contribution in [2.75, 3.05) is 13.7 Å². The van der Waals surface area contributed by atoms with Crippen LogP contribution in [-0.4, -0.2) is 24.9 Å². The van der Waals surface area contributed by atoms with Crippen molar-refractivity contribution >= 4 is 15.9 Å². The Morgan fingerprint density at radius 2 is 2.19 bits per heavy atom. The number of halogens is 2. The zero-order chi connectivity index (χ0) is 12.1. The van der Waals surface area contributed by atoms with Crippen molar-refractivity contribution in [1.82, 2.24) is 0 Å². The zero-order valence-corrected chi connectivity index (χ0v) is 11.0. The summed E-state index contributed by atoms with van der Waals surface area (Å²) in [5.74, 6) is -0.225. The van der Waals surface area contributed by atoms with Crippen LogP contribution in [0.3, 0.4) is 0 Å². The van der Waals surface area contributed by atoms with E-state index in [1.165, 1.54) is 12.1 Å². The van der Waals surface area contributed by atoms with Crippen LogP contribution in [0.2, 0.25) is 0 Å². The molecule has 0 bridgehead atoms. The average molecular weight is 291 g/mol. The molecule has 4 heteroatoms. The van der Waals surface area contributed by atoms with Gasteiger partial charge >= 0.3 is 0 Å². The summed E-state index contributed by atoms with van der Waals surface area (Å²) in [5, 5.41) is 9.90. The second-order valence-corrected chi connectivity index (χ2v) is 4.79. The minimum Gasteiger partial charge on any atom is -0.392 e. The van der Waals surface area contributed by atoms with E-state index in [4.69, 9.17) is 4.74 Å². The maximum Gasteiger partial charge on any atom is 0.124 e. The highest BCUT2D eigenvalue weighted by Gasteiger charge is 2.16. The molecule has 0 aliphatic carbocycles. The molecule has 2 unspecified atom stereocenters. The lowest BCUT2D eigenvalue weighted by Crippen LogP contribution is -2.24. The zero-order valence-electron chi connectivity index (χ0n) is 9.41. The van der Waals surface area contributed by atoms with Crippen molar-refractivity contribution in [3.8, 4) is 0 Å². The van der Waals surface area contributed by atoms with Gasteiger partial charge in [0.1, 0.15) is 5.82 Å². The Kier molecular flexibility index (Phi) is 5.38. The highest BCUT2D eigenvalue weighted by molar-refractivity contribution is 9.10. The molecule has 1 aromatic rings. The van der Waals surface area contributed by atoms with Gasteiger partial charge in [0.25, 0.3) is 0 Å². The Morgan fingerprint density at radius 3 is 2.75 bits per heavy atom. The monoisotopic (exact) mass is 290 g/mol. The van der Waals surface area contributed by atoms with Crippen LogP contribution in [0.4, 0.5) is 4.39 Å². The highest BCUT2D eigenvalue weighted by Crippen LogP contribution is 2.21. The van der Waals surface area contributed by atoms with E-state index in [1.807, 2.05) is 6.92 Å². The van der Waals surface area contributed by atoms with Gasteiger partial charge in [-0.3, -0.25) is 0 Å². The molecule has 1 N–H and O–H groups in total. The van der Waals surface area contributed by atoms with Crippen LogP contribution in [0.1, 0.15) is 12.5 Å². The van der Waals surface area contributed by atoms with Gasteiger partial charge in [0.15, 0.2) is 0 Å². The van der Waals surface area contributed by atoms with Crippen molar-refractivity contribution in [2.24, 2.45) is 5.92 Å². The van der Waals surface area contributed by atoms with Crippen molar-refractivity contribution in [3.05, 3.63) is 34.1 Å². The summed E-state index contributed by atoms with van der Waals surface area (Å²) in [6.07, 6.45) is 0.00693. The fourth-order valence-electron chi connectivity index (χ4n) is 1.49. The number of aliphatic hydroxyl groups excluding tert-OH is 1. The molecule has 2 nitrogen and oxygen atoms in total. The molecule has 0 spiro atoms. The normalized spacial score (nSPS) is 14.8. The molecule has 0 heterocycles. The number of hydrogen-bond acceptors (Lipinski definition) is 2. The van der Waals surface area contributed by atoms with Crippen LogP contribution in [0.15, 0.2) is 22.7 Å². The molecule has 1 aromatic carbocycles. The summed E-state index contributed by atoms with van der Waals surface area (Å²) in [6.45, 7) is 2.44. The minimum atomic E-state index is -0.485. The molecule has 0 aliphatic rings. The molecule has 0 radical (unpaired) electrons. The Bertz CT molecular complexity index is 344. The predicted molar refractivity (Wildman–Crippen MR) is 64.9 cm³/mol. The average Bonchev–Trinajstić information content (AvgIpc) is 2.22. The standard InChI is InChI=1S/C12H16BrFO2/c1-8(7-16-2)12(15)5-9-3-4-10(14)6-11(9)13/h3-4,6,8,12,15H,5,7H2,1-2H3. The third-order valence-electron chi connectivity index (χ3n) is 2.53. The van der Waals surface area contributed by atoms with Gasteiger partial charge in [0, 0.05) is 17.5 Å². The number of rotatable bonds is 5. The predicted octanol–water partition coefficient (Wildman–Crippen LogP) is 2.77. The molecule has 0 saturated carbocycles. The van der Waals surface area contributed by atoms with Gasteiger partial charge in [0.2, 0.25) is 0 Å². The molecule has 0 fully saturated rings. The van der Waals surface area contributed by atoms with Crippen LogP contribution in [0.25, 0.3) is 0 Å². The van der Waals surface area contributed by atoms with Crippen molar-refractivity contribution in [1.29, 1.82) is 0 Å². The first-order valence-electron chi connectivity index (χ1n) is 5.15. The minimum absolute atomic E-state index is 0.0574. The summed E-state index contributed by atoms with van der Waals surface area (Å²) in [4.78, 5) is 0. The number of methoxy groups -OCH3 is 1. The second-order valence-electron chi connectivity index (χ2n) is 3.94. The first kappa shape index (κ1) is 13.6. The summed E-state index contributed by atoms with van der Waals surface area (Å²) in [6, 6.07) is 4.49. The molecular weight excluding hydrogens is 275 g/mol. The van der Waals surface area contributed by atoms with E-state index in [1.54, 1.807) is 13.2 Å². The van der Waals surface area contributed by atoms with Crippen LogP contribution in [0, 0.1) is 11.7 Å². The Balaban J connectivity index is 2.65. The van der Waals surface area contributed by atoms with E-state index in [9.17, 15) is 9.50 Å². The number of ether oxygens (including phenoxy) is 1. The molecule has 0 aliphatic heterocycles. The van der Waals surface area contributed by atoms with E-state index in [-0.39, 0.29) is 11.7 Å². The van der Waals surface area contributed by atoms with Gasteiger partial charge in [-0.2, -0.15) is 0 Å². The fourth-order valence-corrected chi connectivity index (χ4v) is 2.00. The van der Waals surface area contributed by atoms with Crippen LogP contribution in [-0.2, 0) is 11.2 Å². The summed E-state index contributed by atoms with van der Waals surface area (Å²) in [5.41, 5.74) is 0.900. The molecule has 90 valence electrons. The van der Waals surface area contributed by atoms with Gasteiger partial charge in [-0.1, -0.05) is 28.9 Å². The first-order chi connectivity index (χ1) is 7.54. The molecule has 0 amide bonds. The maximum absolute atomic E-state index is 12.9. The van der Waals surface area contributed by atoms with Crippen LogP contribution >= 0.6 is 15.9 Å². The molecule has 1 rings (SSSR count). The lowest BCUT2D eigenvalue weighted by molar-refractivity contribution is 0.0574. The quantitative estimate of drug-likeness (QED) is 0.904. The molecular formula is C12H16BrFO2. The smallest absolute Gasteiger partial charge is 0.124 e. The van der Waals surface area contributed by atoms with Gasteiger partial charge in [-0.15, -0.1) is 0 Å². The summed E-state index contributed by atoms with van der Waals surface area (Å²) < 4.78 is 18.5. The lowest BCUT2D eigenvalue weighted by atomic mass is 9.98.